The molecule has 4 nitrogen and oxygen atoms in total. The van der Waals surface area contributed by atoms with Gasteiger partial charge in [0, 0.05) is 13.2 Å². The highest BCUT2D eigenvalue weighted by Crippen LogP contribution is 2.04. The predicted octanol–water partition coefficient (Wildman–Crippen LogP) is 0.425. The van der Waals surface area contributed by atoms with Crippen LogP contribution in [0.4, 0.5) is 0 Å². The third kappa shape index (κ3) is 5.21. The van der Waals surface area contributed by atoms with Crippen LogP contribution in [0.25, 0.3) is 0 Å². The molecule has 0 rings (SSSR count). The molecule has 0 saturated carbocycles. The highest BCUT2D eigenvalue weighted by atomic mass is 16.3. The molecule has 1 unspecified atom stereocenters. The van der Waals surface area contributed by atoms with Gasteiger partial charge in [-0.2, -0.15) is 5.26 Å². The first-order valence-electron chi connectivity index (χ1n) is 4.54. The summed E-state index contributed by atoms with van der Waals surface area (Å²) in [5.74, 6) is -0.763. The third-order valence-electron chi connectivity index (χ3n) is 1.68. The number of carbonyl (C=O) groups is 1. The zero-order chi connectivity index (χ0) is 10.1. The topological polar surface area (TPSA) is 73.1 Å². The van der Waals surface area contributed by atoms with Gasteiger partial charge in [0.15, 0.2) is 0 Å². The van der Waals surface area contributed by atoms with Gasteiger partial charge in [-0.05, 0) is 12.8 Å². The van der Waals surface area contributed by atoms with E-state index >= 15 is 0 Å². The Bertz CT molecular complexity index is 187. The molecule has 0 bridgehead atoms. The molecule has 0 heterocycles. The number of aliphatic hydroxyl groups is 1. The van der Waals surface area contributed by atoms with E-state index in [2.05, 4.69) is 5.32 Å². The lowest BCUT2D eigenvalue weighted by molar-refractivity contribution is -0.123. The van der Waals surface area contributed by atoms with Crippen LogP contribution in [0.3, 0.4) is 0 Å². The van der Waals surface area contributed by atoms with Gasteiger partial charge in [-0.3, -0.25) is 4.79 Å². The first-order chi connectivity index (χ1) is 6.26. The molecule has 13 heavy (non-hydrogen) atoms. The Hall–Kier alpha value is -1.08. The van der Waals surface area contributed by atoms with Crippen LogP contribution in [0.2, 0.25) is 0 Å². The molecular weight excluding hydrogens is 168 g/mol. The van der Waals surface area contributed by atoms with Crippen LogP contribution >= 0.6 is 0 Å². The molecule has 2 N–H and O–H groups in total. The van der Waals surface area contributed by atoms with Crippen LogP contribution in [0.5, 0.6) is 0 Å². The number of amides is 1. The van der Waals surface area contributed by atoms with Crippen molar-refractivity contribution in [3.05, 3.63) is 0 Å². The van der Waals surface area contributed by atoms with Crippen molar-refractivity contribution in [3.63, 3.8) is 0 Å². The van der Waals surface area contributed by atoms with Crippen LogP contribution in [-0.2, 0) is 4.79 Å². The molecule has 1 atom stereocenters. The van der Waals surface area contributed by atoms with E-state index in [1.165, 1.54) is 0 Å². The average molecular weight is 184 g/mol. The van der Waals surface area contributed by atoms with Gasteiger partial charge in [-0.1, -0.05) is 13.3 Å². The fourth-order valence-corrected chi connectivity index (χ4v) is 0.957. The third-order valence-corrected chi connectivity index (χ3v) is 1.68. The summed E-state index contributed by atoms with van der Waals surface area (Å²) in [5.41, 5.74) is 0. The Morgan fingerprint density at radius 3 is 2.85 bits per heavy atom. The molecule has 0 aliphatic heterocycles. The number of nitriles is 1. The van der Waals surface area contributed by atoms with Crippen molar-refractivity contribution in [1.82, 2.24) is 5.32 Å². The van der Waals surface area contributed by atoms with E-state index in [1.807, 2.05) is 13.0 Å². The smallest absolute Gasteiger partial charge is 0.237 e. The largest absolute Gasteiger partial charge is 0.396 e. The first-order valence-corrected chi connectivity index (χ1v) is 4.54. The maximum atomic E-state index is 11.2. The van der Waals surface area contributed by atoms with E-state index in [0.29, 0.717) is 19.4 Å². The summed E-state index contributed by atoms with van der Waals surface area (Å²) < 4.78 is 0. The van der Waals surface area contributed by atoms with Crippen molar-refractivity contribution in [3.8, 4) is 6.07 Å². The van der Waals surface area contributed by atoms with E-state index in [-0.39, 0.29) is 12.5 Å². The minimum atomic E-state index is -0.538. The molecule has 0 aromatic heterocycles. The maximum Gasteiger partial charge on any atom is 0.237 e. The second-order valence-electron chi connectivity index (χ2n) is 2.84. The highest BCUT2D eigenvalue weighted by molar-refractivity contribution is 5.80. The quantitative estimate of drug-likeness (QED) is 0.588. The molecule has 74 valence electrons. The standard InChI is InChI=1S/C9H16N2O2/c1-2-4-8(7-10)9(13)11-5-3-6-12/h8,12H,2-6H2,1H3,(H,11,13). The minimum absolute atomic E-state index is 0.0608. The summed E-state index contributed by atoms with van der Waals surface area (Å²) in [4.78, 5) is 11.2. The van der Waals surface area contributed by atoms with Crippen LogP contribution in [0.15, 0.2) is 0 Å². The average Bonchev–Trinajstić information content (AvgIpc) is 2.14. The Labute approximate surface area is 78.6 Å². The fourth-order valence-electron chi connectivity index (χ4n) is 0.957. The predicted molar refractivity (Wildman–Crippen MR) is 48.7 cm³/mol. The number of nitrogens with zero attached hydrogens (tertiary/aromatic N) is 1. The summed E-state index contributed by atoms with van der Waals surface area (Å²) in [5, 5.41) is 19.7. The lowest BCUT2D eigenvalue weighted by atomic mass is 10.1. The summed E-state index contributed by atoms with van der Waals surface area (Å²) in [6.07, 6.45) is 1.96. The molecular formula is C9H16N2O2. The molecule has 0 saturated heterocycles. The zero-order valence-corrected chi connectivity index (χ0v) is 7.92. The number of nitrogens with one attached hydrogen (secondary N) is 1. The number of hydrogen-bond donors (Lipinski definition) is 2. The van der Waals surface area contributed by atoms with E-state index in [0.717, 1.165) is 6.42 Å². The monoisotopic (exact) mass is 184 g/mol. The molecule has 4 heteroatoms. The van der Waals surface area contributed by atoms with E-state index in [9.17, 15) is 4.79 Å². The van der Waals surface area contributed by atoms with Gasteiger partial charge in [0.25, 0.3) is 0 Å². The molecule has 0 fully saturated rings. The van der Waals surface area contributed by atoms with Gasteiger partial charge in [-0.25, -0.2) is 0 Å². The molecule has 0 radical (unpaired) electrons. The maximum absolute atomic E-state index is 11.2. The van der Waals surface area contributed by atoms with Gasteiger partial charge in [0.1, 0.15) is 5.92 Å². The number of aliphatic hydroxyl groups excluding tert-OH is 1. The van der Waals surface area contributed by atoms with Gasteiger partial charge in [0.2, 0.25) is 5.91 Å². The van der Waals surface area contributed by atoms with Gasteiger partial charge in [-0.15, -0.1) is 0 Å². The van der Waals surface area contributed by atoms with Crippen molar-refractivity contribution in [2.75, 3.05) is 13.2 Å². The van der Waals surface area contributed by atoms with E-state index in [4.69, 9.17) is 10.4 Å². The highest BCUT2D eigenvalue weighted by Gasteiger charge is 2.15. The number of rotatable bonds is 6. The SMILES string of the molecule is CCCC(C#N)C(=O)NCCCO. The van der Waals surface area contributed by atoms with Gasteiger partial charge >= 0.3 is 0 Å². The van der Waals surface area contributed by atoms with Crippen LogP contribution in [0.1, 0.15) is 26.2 Å². The van der Waals surface area contributed by atoms with Gasteiger partial charge in [0.05, 0.1) is 6.07 Å². The fraction of sp³-hybridized carbons (Fsp3) is 0.778. The second kappa shape index (κ2) is 7.56. The number of hydrogen-bond acceptors (Lipinski definition) is 3. The Kier molecular flexibility index (Phi) is 6.93. The second-order valence-corrected chi connectivity index (χ2v) is 2.84. The van der Waals surface area contributed by atoms with E-state index < -0.39 is 5.92 Å². The molecule has 0 aromatic rings. The van der Waals surface area contributed by atoms with Crippen LogP contribution < -0.4 is 5.32 Å². The van der Waals surface area contributed by atoms with Crippen molar-refractivity contribution in [2.45, 2.75) is 26.2 Å². The lowest BCUT2D eigenvalue weighted by Gasteiger charge is -2.07. The Morgan fingerprint density at radius 2 is 2.38 bits per heavy atom. The molecule has 0 spiro atoms. The van der Waals surface area contributed by atoms with Crippen molar-refractivity contribution in [1.29, 1.82) is 5.26 Å². The number of carbonyl (C=O) groups excluding carboxylic acids is 1. The summed E-state index contributed by atoms with van der Waals surface area (Å²) in [6, 6.07) is 1.96. The summed E-state index contributed by atoms with van der Waals surface area (Å²) in [6.45, 7) is 2.44. The van der Waals surface area contributed by atoms with E-state index in [1.54, 1.807) is 0 Å². The Balaban J connectivity index is 3.73. The molecule has 1 amide bonds. The summed E-state index contributed by atoms with van der Waals surface area (Å²) in [7, 11) is 0. The molecule has 0 aliphatic rings. The normalized spacial score (nSPS) is 11.8. The zero-order valence-electron chi connectivity index (χ0n) is 7.92. The minimum Gasteiger partial charge on any atom is -0.396 e. The molecule has 0 aromatic carbocycles. The molecule has 0 aliphatic carbocycles. The summed E-state index contributed by atoms with van der Waals surface area (Å²) >= 11 is 0. The van der Waals surface area contributed by atoms with Crippen molar-refractivity contribution >= 4 is 5.91 Å². The van der Waals surface area contributed by atoms with Crippen molar-refractivity contribution < 1.29 is 9.90 Å². The van der Waals surface area contributed by atoms with Crippen LogP contribution in [-0.4, -0.2) is 24.2 Å². The van der Waals surface area contributed by atoms with Crippen molar-refractivity contribution in [2.24, 2.45) is 5.92 Å². The Morgan fingerprint density at radius 1 is 1.69 bits per heavy atom. The van der Waals surface area contributed by atoms with Gasteiger partial charge < -0.3 is 10.4 Å². The lowest BCUT2D eigenvalue weighted by Crippen LogP contribution is -2.31. The van der Waals surface area contributed by atoms with Crippen LogP contribution in [0, 0.1) is 17.2 Å². The first kappa shape index (κ1) is 11.9.